The van der Waals surface area contributed by atoms with Crippen LogP contribution < -0.4 is 9.47 Å². The molecule has 3 heterocycles. The van der Waals surface area contributed by atoms with Gasteiger partial charge >= 0.3 is 12.0 Å². The number of pyridine rings is 1. The van der Waals surface area contributed by atoms with Crippen LogP contribution in [-0.2, 0) is 18.4 Å². The van der Waals surface area contributed by atoms with Crippen molar-refractivity contribution in [1.82, 2.24) is 30.1 Å². The van der Waals surface area contributed by atoms with E-state index >= 15 is 0 Å². The van der Waals surface area contributed by atoms with Gasteiger partial charge in [0.05, 0.1) is 23.4 Å². The minimum absolute atomic E-state index is 0.0220. The number of aryl methyl sites for hydroxylation is 2. The smallest absolute Gasteiger partial charge is 0.354 e. The molecule has 3 aromatic rings. The molecule has 0 bridgehead atoms. The summed E-state index contributed by atoms with van der Waals surface area (Å²) in [6.07, 6.45) is 6.81. The van der Waals surface area contributed by atoms with E-state index in [0.29, 0.717) is 34.9 Å². The van der Waals surface area contributed by atoms with Crippen LogP contribution in [0.25, 0.3) is 11.4 Å². The van der Waals surface area contributed by atoms with E-state index < -0.39 is 5.97 Å². The van der Waals surface area contributed by atoms with Gasteiger partial charge in [0.2, 0.25) is 5.89 Å². The Kier molecular flexibility index (Phi) is 5.85. The second kappa shape index (κ2) is 9.18. The molecule has 0 radical (unpaired) electrons. The van der Waals surface area contributed by atoms with Gasteiger partial charge in [-0.2, -0.15) is 4.98 Å². The Morgan fingerprint density at radius 3 is 2.81 bits per heavy atom. The first-order chi connectivity index (χ1) is 17.5. The van der Waals surface area contributed by atoms with Gasteiger partial charge in [0.15, 0.2) is 0 Å². The predicted octanol–water partition coefficient (Wildman–Crippen LogP) is 3.68. The monoisotopic (exact) mass is 494 g/mol. The Morgan fingerprint density at radius 2 is 2.06 bits per heavy atom. The molecule has 3 fully saturated rings. The molecule has 3 aliphatic rings. The molecule has 11 nitrogen and oxygen atoms in total. The lowest BCUT2D eigenvalue weighted by molar-refractivity contribution is -0.143. The normalized spacial score (nSPS) is 25.5. The van der Waals surface area contributed by atoms with Gasteiger partial charge < -0.3 is 19.1 Å². The third-order valence-electron chi connectivity index (χ3n) is 8.12. The summed E-state index contributed by atoms with van der Waals surface area (Å²) in [7, 11) is 1.80. The number of fused-ring (bicyclic) bond motifs is 1. The number of carboxylic acids is 1. The Labute approximate surface area is 208 Å². The van der Waals surface area contributed by atoms with Crippen molar-refractivity contribution < 1.29 is 23.9 Å². The van der Waals surface area contributed by atoms with Crippen molar-refractivity contribution in [3.63, 3.8) is 0 Å². The second-order valence-corrected chi connectivity index (χ2v) is 10.3. The van der Waals surface area contributed by atoms with E-state index in [1.165, 1.54) is 6.42 Å². The van der Waals surface area contributed by atoms with E-state index in [-0.39, 0.29) is 30.6 Å². The van der Waals surface area contributed by atoms with Gasteiger partial charge in [-0.3, -0.25) is 4.79 Å². The molecule has 0 aromatic carbocycles. The third kappa shape index (κ3) is 4.20. The van der Waals surface area contributed by atoms with Crippen LogP contribution in [0.3, 0.4) is 0 Å². The Hall–Kier alpha value is -3.50. The average molecular weight is 495 g/mol. The minimum Gasteiger partial charge on any atom is -0.489 e. The lowest BCUT2D eigenvalue weighted by Crippen LogP contribution is -2.21. The molecule has 0 saturated heterocycles. The molecular weight excluding hydrogens is 464 g/mol. The van der Waals surface area contributed by atoms with E-state index in [1.807, 2.05) is 19.1 Å². The van der Waals surface area contributed by atoms with Crippen LogP contribution in [-0.4, -0.2) is 47.3 Å². The predicted molar refractivity (Wildman–Crippen MR) is 125 cm³/mol. The number of carboxylic acid groups (broad SMARTS) is 1. The molecule has 3 aromatic heterocycles. The van der Waals surface area contributed by atoms with Crippen molar-refractivity contribution in [2.75, 3.05) is 0 Å². The van der Waals surface area contributed by atoms with Crippen LogP contribution in [0, 0.1) is 24.7 Å². The van der Waals surface area contributed by atoms with Crippen molar-refractivity contribution in [3.8, 4) is 23.1 Å². The summed E-state index contributed by atoms with van der Waals surface area (Å²) in [5.74, 6) is 1.44. The maximum atomic E-state index is 11.6. The maximum Gasteiger partial charge on any atom is 0.354 e. The van der Waals surface area contributed by atoms with E-state index in [0.717, 1.165) is 49.9 Å². The van der Waals surface area contributed by atoms with Crippen molar-refractivity contribution in [3.05, 3.63) is 29.4 Å². The molecule has 0 aliphatic heterocycles. The van der Waals surface area contributed by atoms with Gasteiger partial charge in [0.1, 0.15) is 23.7 Å². The molecule has 4 unspecified atom stereocenters. The highest BCUT2D eigenvalue weighted by molar-refractivity contribution is 5.71. The van der Waals surface area contributed by atoms with Crippen molar-refractivity contribution in [2.24, 2.45) is 24.8 Å². The van der Waals surface area contributed by atoms with E-state index in [2.05, 4.69) is 20.5 Å². The van der Waals surface area contributed by atoms with Crippen LogP contribution in [0.1, 0.15) is 68.1 Å². The zero-order valence-electron chi connectivity index (χ0n) is 20.5. The number of aromatic nitrogens is 6. The molecule has 190 valence electrons. The van der Waals surface area contributed by atoms with Gasteiger partial charge in [-0.1, -0.05) is 11.6 Å². The first kappa shape index (κ1) is 22.9. The Bertz CT molecular complexity index is 1270. The zero-order chi connectivity index (χ0) is 24.8. The molecule has 36 heavy (non-hydrogen) atoms. The van der Waals surface area contributed by atoms with Gasteiger partial charge in [-0.15, -0.1) is 5.10 Å². The molecule has 0 spiro atoms. The fraction of sp³-hybridized carbons (Fsp3) is 0.600. The quantitative estimate of drug-likeness (QED) is 0.493. The fourth-order valence-corrected chi connectivity index (χ4v) is 5.90. The lowest BCUT2D eigenvalue weighted by Gasteiger charge is -2.20. The highest BCUT2D eigenvalue weighted by atomic mass is 16.6. The zero-order valence-corrected chi connectivity index (χ0v) is 20.5. The first-order valence-corrected chi connectivity index (χ1v) is 12.7. The number of hydrogen-bond donors (Lipinski definition) is 1. The van der Waals surface area contributed by atoms with Crippen LogP contribution in [0.5, 0.6) is 11.8 Å². The van der Waals surface area contributed by atoms with Gasteiger partial charge in [0, 0.05) is 13.0 Å². The van der Waals surface area contributed by atoms with Crippen molar-refractivity contribution in [1.29, 1.82) is 0 Å². The lowest BCUT2D eigenvalue weighted by atomic mass is 9.85. The van der Waals surface area contributed by atoms with E-state index in [1.54, 1.807) is 11.7 Å². The molecular formula is C25H30N6O5. The molecule has 6 rings (SSSR count). The summed E-state index contributed by atoms with van der Waals surface area (Å²) in [5, 5.41) is 21.9. The molecule has 0 amide bonds. The second-order valence-electron chi connectivity index (χ2n) is 10.3. The van der Waals surface area contributed by atoms with E-state index in [4.69, 9.17) is 19.0 Å². The molecule has 1 N–H and O–H groups in total. The summed E-state index contributed by atoms with van der Waals surface area (Å²) in [5.41, 5.74) is 2.78. The SMILES string of the molecule is Cc1nc(-c2nnn(C)c2COc2noc(C3CCC3)n2)ccc1OC1CC2CCC(C(=O)O)C2C1. The number of ether oxygens (including phenoxy) is 2. The molecule has 3 saturated carbocycles. The maximum absolute atomic E-state index is 11.6. The van der Waals surface area contributed by atoms with Crippen molar-refractivity contribution >= 4 is 5.97 Å². The van der Waals surface area contributed by atoms with Gasteiger partial charge in [-0.05, 0) is 74.6 Å². The molecule has 11 heteroatoms. The highest BCUT2D eigenvalue weighted by Crippen LogP contribution is 2.48. The standard InChI is InChI=1S/C25H30N6O5/c1-13-21(35-16-10-15-6-7-17(24(32)33)18(15)11-16)9-8-19(26-13)22-20(31(2)30-28-22)12-34-25-27-23(36-29-25)14-4-3-5-14/h8-9,14-18H,3-7,10-12H2,1-2H3,(H,32,33). The number of aliphatic carboxylic acids is 1. The van der Waals surface area contributed by atoms with Crippen LogP contribution in [0.2, 0.25) is 0 Å². The molecule has 4 atom stereocenters. The van der Waals surface area contributed by atoms with Crippen molar-refractivity contribution in [2.45, 2.75) is 70.5 Å². The van der Waals surface area contributed by atoms with Gasteiger partial charge in [-0.25, -0.2) is 9.67 Å². The summed E-state index contributed by atoms with van der Waals surface area (Å²) < 4.78 is 19.1. The Balaban J connectivity index is 1.13. The first-order valence-electron chi connectivity index (χ1n) is 12.7. The van der Waals surface area contributed by atoms with E-state index in [9.17, 15) is 9.90 Å². The van der Waals surface area contributed by atoms with Crippen LogP contribution in [0.15, 0.2) is 16.7 Å². The Morgan fingerprint density at radius 1 is 1.19 bits per heavy atom. The summed E-state index contributed by atoms with van der Waals surface area (Å²) in [6.45, 7) is 2.08. The van der Waals surface area contributed by atoms with Gasteiger partial charge in [0.25, 0.3) is 0 Å². The fourth-order valence-electron chi connectivity index (χ4n) is 5.90. The molecule has 3 aliphatic carbocycles. The largest absolute Gasteiger partial charge is 0.489 e. The minimum atomic E-state index is -0.674. The summed E-state index contributed by atoms with van der Waals surface area (Å²) in [4.78, 5) is 20.6. The number of rotatable bonds is 8. The number of nitrogens with zero attached hydrogens (tertiary/aromatic N) is 6. The number of hydrogen-bond acceptors (Lipinski definition) is 9. The van der Waals surface area contributed by atoms with Crippen LogP contribution in [0.4, 0.5) is 0 Å². The average Bonchev–Trinajstić information content (AvgIpc) is 3.57. The number of carbonyl (C=O) groups is 1. The topological polar surface area (TPSA) is 138 Å². The van der Waals surface area contributed by atoms with Crippen LogP contribution >= 0.6 is 0 Å². The highest BCUT2D eigenvalue weighted by Gasteiger charge is 2.47. The summed E-state index contributed by atoms with van der Waals surface area (Å²) in [6, 6.07) is 3.99. The summed E-state index contributed by atoms with van der Waals surface area (Å²) >= 11 is 0. The third-order valence-corrected chi connectivity index (χ3v) is 8.12.